The fourth-order valence-electron chi connectivity index (χ4n) is 3.63. The highest BCUT2D eigenvalue weighted by Gasteiger charge is 2.20. The Hall–Kier alpha value is -4.22. The molecule has 0 aliphatic heterocycles. The van der Waals surface area contributed by atoms with Gasteiger partial charge in [-0.3, -0.25) is 14.8 Å². The lowest BCUT2D eigenvalue weighted by Crippen LogP contribution is -2.30. The van der Waals surface area contributed by atoms with Gasteiger partial charge in [0.2, 0.25) is 0 Å². The summed E-state index contributed by atoms with van der Waals surface area (Å²) in [6.45, 7) is 3.75. The number of aromatic nitrogens is 2. The van der Waals surface area contributed by atoms with Crippen molar-refractivity contribution in [2.45, 2.75) is 19.9 Å². The van der Waals surface area contributed by atoms with Gasteiger partial charge < -0.3 is 15.5 Å². The summed E-state index contributed by atoms with van der Waals surface area (Å²) >= 11 is 5.96. The Labute approximate surface area is 207 Å². The molecule has 0 unspecified atom stereocenters. The lowest BCUT2D eigenvalue weighted by atomic mass is 10.0. The average molecular weight is 489 g/mol. The number of nitriles is 1. The molecule has 0 aliphatic rings. The van der Waals surface area contributed by atoms with Crippen LogP contribution in [0.5, 0.6) is 0 Å². The Morgan fingerprint density at radius 2 is 1.97 bits per heavy atom. The number of halogens is 2. The van der Waals surface area contributed by atoms with E-state index in [0.29, 0.717) is 33.5 Å². The summed E-state index contributed by atoms with van der Waals surface area (Å²) < 4.78 is 13.7. The summed E-state index contributed by atoms with van der Waals surface area (Å²) in [6.07, 6.45) is 4.80. The third kappa shape index (κ3) is 5.00. The van der Waals surface area contributed by atoms with Crippen molar-refractivity contribution in [2.24, 2.45) is 0 Å². The molecular formula is C26H22ClFN6O. The fraction of sp³-hybridized carbons (Fsp3) is 0.154. The van der Waals surface area contributed by atoms with Crippen LogP contribution in [0.4, 0.5) is 27.1 Å². The molecule has 0 bridgehead atoms. The molecule has 2 heterocycles. The van der Waals surface area contributed by atoms with Crippen molar-refractivity contribution in [3.8, 4) is 6.07 Å². The van der Waals surface area contributed by atoms with E-state index in [-0.39, 0.29) is 22.5 Å². The average Bonchev–Trinajstić information content (AvgIpc) is 2.85. The second kappa shape index (κ2) is 9.95. The van der Waals surface area contributed by atoms with Gasteiger partial charge in [0.25, 0.3) is 5.91 Å². The zero-order chi connectivity index (χ0) is 25.1. The molecule has 4 rings (SSSR count). The van der Waals surface area contributed by atoms with Crippen molar-refractivity contribution >= 4 is 51.2 Å². The van der Waals surface area contributed by atoms with Crippen LogP contribution in [0.25, 0.3) is 10.9 Å². The number of benzene rings is 2. The molecule has 0 spiro atoms. The predicted molar refractivity (Wildman–Crippen MR) is 136 cm³/mol. The molecule has 35 heavy (non-hydrogen) atoms. The Balaban J connectivity index is 1.96. The van der Waals surface area contributed by atoms with E-state index < -0.39 is 5.82 Å². The van der Waals surface area contributed by atoms with Crippen LogP contribution in [0.1, 0.15) is 29.8 Å². The van der Waals surface area contributed by atoms with Gasteiger partial charge in [-0.15, -0.1) is 0 Å². The third-order valence-electron chi connectivity index (χ3n) is 5.35. The third-order valence-corrected chi connectivity index (χ3v) is 5.64. The van der Waals surface area contributed by atoms with E-state index in [1.807, 2.05) is 44.0 Å². The Morgan fingerprint density at radius 1 is 1.17 bits per heavy atom. The van der Waals surface area contributed by atoms with E-state index in [9.17, 15) is 14.4 Å². The number of carbonyl (C=O) groups is 1. The number of nitrogens with zero attached hydrogens (tertiary/aromatic N) is 4. The van der Waals surface area contributed by atoms with Crippen molar-refractivity contribution in [1.29, 1.82) is 5.26 Å². The standard InChI is InChI=1S/C26H22ClFN6O/c1-15(2)32-26(35)21-11-19(34(3)18-5-4-8-30-14-18)10-20-24(16(12-29)13-31-25(20)21)33-17-6-7-23(28)22(27)9-17/h4-11,13-15H,1-3H3,(H,31,33)(H,32,35). The molecular weight excluding hydrogens is 467 g/mol. The topological polar surface area (TPSA) is 93.9 Å². The first-order valence-electron chi connectivity index (χ1n) is 10.8. The maximum atomic E-state index is 13.7. The van der Waals surface area contributed by atoms with Crippen molar-refractivity contribution in [3.05, 3.63) is 83.0 Å². The molecule has 0 fully saturated rings. The van der Waals surface area contributed by atoms with Gasteiger partial charge in [0, 0.05) is 42.2 Å². The van der Waals surface area contributed by atoms with Crippen LogP contribution in [0, 0.1) is 17.1 Å². The monoisotopic (exact) mass is 488 g/mol. The lowest BCUT2D eigenvalue weighted by Gasteiger charge is -2.22. The number of hydrogen-bond donors (Lipinski definition) is 2. The summed E-state index contributed by atoms with van der Waals surface area (Å²) in [6, 6.07) is 13.6. The van der Waals surface area contributed by atoms with Crippen LogP contribution in [0.2, 0.25) is 5.02 Å². The number of hydrogen-bond acceptors (Lipinski definition) is 6. The minimum Gasteiger partial charge on any atom is -0.354 e. The Kier molecular flexibility index (Phi) is 6.80. The Morgan fingerprint density at radius 3 is 2.63 bits per heavy atom. The molecule has 2 aromatic carbocycles. The first kappa shape index (κ1) is 23.9. The highest BCUT2D eigenvalue weighted by molar-refractivity contribution is 6.31. The fourth-order valence-corrected chi connectivity index (χ4v) is 3.81. The smallest absolute Gasteiger partial charge is 0.253 e. The number of amides is 1. The van der Waals surface area contributed by atoms with Crippen molar-refractivity contribution < 1.29 is 9.18 Å². The van der Waals surface area contributed by atoms with E-state index in [2.05, 4.69) is 26.7 Å². The van der Waals surface area contributed by atoms with Crippen LogP contribution >= 0.6 is 11.6 Å². The highest BCUT2D eigenvalue weighted by Crippen LogP contribution is 2.36. The summed E-state index contributed by atoms with van der Waals surface area (Å²) in [5, 5.41) is 16.4. The highest BCUT2D eigenvalue weighted by atomic mass is 35.5. The van der Waals surface area contributed by atoms with Crippen LogP contribution in [-0.4, -0.2) is 29.0 Å². The first-order chi connectivity index (χ1) is 16.8. The minimum atomic E-state index is -0.551. The predicted octanol–water partition coefficient (Wildman–Crippen LogP) is 5.94. The second-order valence-electron chi connectivity index (χ2n) is 8.20. The van der Waals surface area contributed by atoms with Gasteiger partial charge in [-0.1, -0.05) is 11.6 Å². The van der Waals surface area contributed by atoms with Crippen molar-refractivity contribution in [3.63, 3.8) is 0 Å². The van der Waals surface area contributed by atoms with Gasteiger partial charge in [-0.05, 0) is 56.3 Å². The van der Waals surface area contributed by atoms with Gasteiger partial charge in [-0.2, -0.15) is 5.26 Å². The quantitative estimate of drug-likeness (QED) is 0.348. The molecule has 0 saturated carbocycles. The maximum Gasteiger partial charge on any atom is 0.253 e. The largest absolute Gasteiger partial charge is 0.354 e. The summed E-state index contributed by atoms with van der Waals surface area (Å²) in [5.74, 6) is -0.843. The van der Waals surface area contributed by atoms with Crippen LogP contribution < -0.4 is 15.5 Å². The molecule has 4 aromatic rings. The molecule has 2 aromatic heterocycles. The molecule has 0 radical (unpaired) electrons. The maximum absolute atomic E-state index is 13.7. The van der Waals surface area contributed by atoms with Gasteiger partial charge in [0.15, 0.2) is 0 Å². The molecule has 1 amide bonds. The zero-order valence-corrected chi connectivity index (χ0v) is 20.1. The van der Waals surface area contributed by atoms with Gasteiger partial charge in [0.1, 0.15) is 11.9 Å². The number of nitrogens with one attached hydrogen (secondary N) is 2. The normalized spacial score (nSPS) is 10.8. The molecule has 7 nitrogen and oxygen atoms in total. The van der Waals surface area contributed by atoms with Crippen LogP contribution in [0.3, 0.4) is 0 Å². The number of fused-ring (bicyclic) bond motifs is 1. The van der Waals surface area contributed by atoms with E-state index >= 15 is 0 Å². The van der Waals surface area contributed by atoms with E-state index in [4.69, 9.17) is 11.6 Å². The first-order valence-corrected chi connectivity index (χ1v) is 11.2. The van der Waals surface area contributed by atoms with Crippen molar-refractivity contribution in [1.82, 2.24) is 15.3 Å². The van der Waals surface area contributed by atoms with Crippen molar-refractivity contribution in [2.75, 3.05) is 17.3 Å². The number of carbonyl (C=O) groups excluding carboxylic acids is 1. The molecule has 176 valence electrons. The van der Waals surface area contributed by atoms with Gasteiger partial charge in [-0.25, -0.2) is 4.39 Å². The van der Waals surface area contributed by atoms with Crippen LogP contribution in [-0.2, 0) is 0 Å². The van der Waals surface area contributed by atoms with Gasteiger partial charge in [0.05, 0.1) is 39.2 Å². The molecule has 9 heteroatoms. The Bertz CT molecular complexity index is 1450. The summed E-state index contributed by atoms with van der Waals surface area (Å²) in [5.41, 5.74) is 3.45. The number of rotatable bonds is 6. The van der Waals surface area contributed by atoms with E-state index in [1.165, 1.54) is 24.4 Å². The molecule has 0 saturated heterocycles. The number of pyridine rings is 2. The zero-order valence-electron chi connectivity index (χ0n) is 19.3. The second-order valence-corrected chi connectivity index (χ2v) is 8.61. The number of anilines is 4. The summed E-state index contributed by atoms with van der Waals surface area (Å²) in [4.78, 5) is 23.7. The van der Waals surface area contributed by atoms with E-state index in [1.54, 1.807) is 18.5 Å². The molecule has 0 atom stereocenters. The van der Waals surface area contributed by atoms with Crippen LogP contribution in [0.15, 0.2) is 61.1 Å². The molecule has 0 aliphatic carbocycles. The van der Waals surface area contributed by atoms with E-state index in [0.717, 1.165) is 5.69 Å². The van der Waals surface area contributed by atoms with Gasteiger partial charge >= 0.3 is 0 Å². The summed E-state index contributed by atoms with van der Waals surface area (Å²) in [7, 11) is 1.86. The lowest BCUT2D eigenvalue weighted by molar-refractivity contribution is 0.0944. The minimum absolute atomic E-state index is 0.0548. The SMILES string of the molecule is CC(C)NC(=O)c1cc(N(C)c2cccnc2)cc2c(Nc3ccc(F)c(Cl)c3)c(C#N)cnc12. The molecule has 2 N–H and O–H groups in total.